The average Bonchev–Trinajstić information content (AvgIpc) is 2.86. The summed E-state index contributed by atoms with van der Waals surface area (Å²) in [7, 11) is 0. The monoisotopic (exact) mass is 239 g/mol. The molecule has 1 aliphatic rings. The van der Waals surface area contributed by atoms with Crippen LogP contribution in [0.5, 0.6) is 0 Å². The molecule has 2 atom stereocenters. The molecule has 96 valence electrons. The van der Waals surface area contributed by atoms with E-state index in [4.69, 9.17) is 9.26 Å². The largest absolute Gasteiger partial charge is 0.370 e. The van der Waals surface area contributed by atoms with Crippen LogP contribution in [0.3, 0.4) is 0 Å². The lowest BCUT2D eigenvalue weighted by atomic mass is 10.00. The van der Waals surface area contributed by atoms with E-state index in [1.165, 1.54) is 6.42 Å². The van der Waals surface area contributed by atoms with E-state index in [0.717, 1.165) is 31.8 Å². The summed E-state index contributed by atoms with van der Waals surface area (Å²) < 4.78 is 10.9. The molecule has 1 aromatic heterocycles. The second-order valence-electron chi connectivity index (χ2n) is 4.39. The molecule has 1 fully saturated rings. The van der Waals surface area contributed by atoms with Crippen LogP contribution < -0.4 is 5.32 Å². The van der Waals surface area contributed by atoms with Gasteiger partial charge < -0.3 is 14.6 Å². The zero-order valence-electron chi connectivity index (χ0n) is 10.6. The van der Waals surface area contributed by atoms with Gasteiger partial charge in [0.2, 0.25) is 11.7 Å². The number of rotatable bonds is 5. The smallest absolute Gasteiger partial charge is 0.231 e. The predicted molar refractivity (Wildman–Crippen MR) is 63.8 cm³/mol. The Morgan fingerprint density at radius 1 is 1.53 bits per heavy atom. The van der Waals surface area contributed by atoms with E-state index < -0.39 is 0 Å². The molecule has 2 rings (SSSR count). The summed E-state index contributed by atoms with van der Waals surface area (Å²) in [4.78, 5) is 4.48. The molecule has 2 heterocycles. The molecule has 0 aromatic carbocycles. The van der Waals surface area contributed by atoms with Crippen molar-refractivity contribution < 1.29 is 9.26 Å². The maximum absolute atomic E-state index is 5.58. The molecule has 17 heavy (non-hydrogen) atoms. The van der Waals surface area contributed by atoms with Gasteiger partial charge in [0, 0.05) is 13.2 Å². The summed E-state index contributed by atoms with van der Waals surface area (Å²) in [5.41, 5.74) is 0. The number of hydrogen-bond donors (Lipinski definition) is 1. The van der Waals surface area contributed by atoms with Gasteiger partial charge in [-0.3, -0.25) is 0 Å². The molecule has 5 heteroatoms. The van der Waals surface area contributed by atoms with E-state index >= 15 is 0 Å². The summed E-state index contributed by atoms with van der Waals surface area (Å²) >= 11 is 0. The SMILES string of the molecule is CCOC(CC)c1noc([C@H]2CCCNC2)n1. The van der Waals surface area contributed by atoms with Gasteiger partial charge in [-0.05, 0) is 32.7 Å². The van der Waals surface area contributed by atoms with Crippen molar-refractivity contribution in [2.24, 2.45) is 0 Å². The standard InChI is InChI=1S/C12H21N3O2/c1-3-10(16-4-2)11-14-12(17-15-11)9-6-5-7-13-8-9/h9-10,13H,3-8H2,1-2H3/t9-,10?/m0/s1. The van der Waals surface area contributed by atoms with Crippen molar-refractivity contribution in [2.45, 2.75) is 45.1 Å². The molecule has 1 aromatic rings. The first-order valence-corrected chi connectivity index (χ1v) is 6.51. The highest BCUT2D eigenvalue weighted by atomic mass is 16.5. The molecule has 0 amide bonds. The first-order valence-electron chi connectivity index (χ1n) is 6.51. The van der Waals surface area contributed by atoms with E-state index in [2.05, 4.69) is 22.4 Å². The minimum absolute atomic E-state index is 0.0333. The summed E-state index contributed by atoms with van der Waals surface area (Å²) in [5.74, 6) is 1.81. The summed E-state index contributed by atoms with van der Waals surface area (Å²) in [6.07, 6.45) is 3.13. The molecule has 1 saturated heterocycles. The number of aromatic nitrogens is 2. The first kappa shape index (κ1) is 12.5. The predicted octanol–water partition coefficient (Wildman–Crippen LogP) is 2.02. The number of hydrogen-bond acceptors (Lipinski definition) is 5. The van der Waals surface area contributed by atoms with Gasteiger partial charge in [0.15, 0.2) is 0 Å². The molecule has 5 nitrogen and oxygen atoms in total. The number of nitrogens with one attached hydrogen (secondary N) is 1. The third kappa shape index (κ3) is 3.04. The molecule has 1 aliphatic heterocycles. The fourth-order valence-corrected chi connectivity index (χ4v) is 2.18. The Kier molecular flexibility index (Phi) is 4.50. The average molecular weight is 239 g/mol. The van der Waals surface area contributed by atoms with Crippen molar-refractivity contribution >= 4 is 0 Å². The van der Waals surface area contributed by atoms with Crippen LogP contribution in [0, 0.1) is 0 Å². The van der Waals surface area contributed by atoms with Crippen molar-refractivity contribution in [3.05, 3.63) is 11.7 Å². The van der Waals surface area contributed by atoms with Gasteiger partial charge in [-0.1, -0.05) is 12.1 Å². The Hall–Kier alpha value is -0.940. The fourth-order valence-electron chi connectivity index (χ4n) is 2.18. The van der Waals surface area contributed by atoms with Crippen molar-refractivity contribution in [1.29, 1.82) is 0 Å². The third-order valence-corrected chi connectivity index (χ3v) is 3.13. The van der Waals surface area contributed by atoms with Gasteiger partial charge in [-0.2, -0.15) is 4.98 Å². The van der Waals surface area contributed by atoms with E-state index in [1.807, 2.05) is 6.92 Å². The van der Waals surface area contributed by atoms with Gasteiger partial charge in [-0.25, -0.2) is 0 Å². The van der Waals surface area contributed by atoms with E-state index in [0.29, 0.717) is 18.3 Å². The third-order valence-electron chi connectivity index (χ3n) is 3.13. The Bertz CT molecular complexity index is 315. The second kappa shape index (κ2) is 6.12. The fraction of sp³-hybridized carbons (Fsp3) is 0.833. The van der Waals surface area contributed by atoms with Crippen molar-refractivity contribution in [2.75, 3.05) is 19.7 Å². The number of nitrogens with zero attached hydrogens (tertiary/aromatic N) is 2. The second-order valence-corrected chi connectivity index (χ2v) is 4.39. The lowest BCUT2D eigenvalue weighted by molar-refractivity contribution is 0.0518. The lowest BCUT2D eigenvalue weighted by Gasteiger charge is -2.18. The van der Waals surface area contributed by atoms with Gasteiger partial charge in [-0.15, -0.1) is 0 Å². The Balaban J connectivity index is 2.03. The van der Waals surface area contributed by atoms with Crippen LogP contribution in [0.1, 0.15) is 56.8 Å². The molecule has 0 bridgehead atoms. The molecule has 1 N–H and O–H groups in total. The van der Waals surface area contributed by atoms with E-state index in [-0.39, 0.29) is 6.10 Å². The van der Waals surface area contributed by atoms with Gasteiger partial charge in [0.1, 0.15) is 6.10 Å². The van der Waals surface area contributed by atoms with Gasteiger partial charge in [0.05, 0.1) is 5.92 Å². The molecule has 0 radical (unpaired) electrons. The van der Waals surface area contributed by atoms with Crippen LogP contribution in [0.4, 0.5) is 0 Å². The molecule has 0 spiro atoms. The Morgan fingerprint density at radius 2 is 2.41 bits per heavy atom. The quantitative estimate of drug-likeness (QED) is 0.851. The van der Waals surface area contributed by atoms with Crippen LogP contribution in [-0.2, 0) is 4.74 Å². The van der Waals surface area contributed by atoms with Crippen molar-refractivity contribution in [3.63, 3.8) is 0 Å². The van der Waals surface area contributed by atoms with Gasteiger partial charge in [0.25, 0.3) is 0 Å². The first-order chi connectivity index (χ1) is 8.35. The van der Waals surface area contributed by atoms with Crippen molar-refractivity contribution in [1.82, 2.24) is 15.5 Å². The topological polar surface area (TPSA) is 60.2 Å². The number of ether oxygens (including phenoxy) is 1. The maximum atomic E-state index is 5.58. The van der Waals surface area contributed by atoms with Crippen molar-refractivity contribution in [3.8, 4) is 0 Å². The van der Waals surface area contributed by atoms with Crippen LogP contribution in [0.15, 0.2) is 4.52 Å². The number of piperidine rings is 1. The molecular weight excluding hydrogens is 218 g/mol. The molecule has 0 saturated carbocycles. The lowest BCUT2D eigenvalue weighted by Crippen LogP contribution is -2.28. The normalized spacial score (nSPS) is 22.6. The summed E-state index contributed by atoms with van der Waals surface area (Å²) in [5, 5.41) is 7.39. The van der Waals surface area contributed by atoms with E-state index in [1.54, 1.807) is 0 Å². The highest BCUT2D eigenvalue weighted by Crippen LogP contribution is 2.24. The Labute approximate surface area is 102 Å². The van der Waals surface area contributed by atoms with E-state index in [9.17, 15) is 0 Å². The molecule has 0 aliphatic carbocycles. The van der Waals surface area contributed by atoms with Crippen LogP contribution in [-0.4, -0.2) is 29.8 Å². The molecule has 1 unspecified atom stereocenters. The highest BCUT2D eigenvalue weighted by molar-refractivity contribution is 4.98. The highest BCUT2D eigenvalue weighted by Gasteiger charge is 2.23. The Morgan fingerprint density at radius 3 is 3.06 bits per heavy atom. The zero-order valence-corrected chi connectivity index (χ0v) is 10.6. The summed E-state index contributed by atoms with van der Waals surface area (Å²) in [6.45, 7) is 6.75. The van der Waals surface area contributed by atoms with Gasteiger partial charge >= 0.3 is 0 Å². The minimum atomic E-state index is -0.0333. The van der Waals surface area contributed by atoms with Crippen LogP contribution in [0.25, 0.3) is 0 Å². The van der Waals surface area contributed by atoms with Crippen LogP contribution >= 0.6 is 0 Å². The minimum Gasteiger partial charge on any atom is -0.370 e. The molecular formula is C12H21N3O2. The zero-order chi connectivity index (χ0) is 12.1. The maximum Gasteiger partial charge on any atom is 0.231 e. The van der Waals surface area contributed by atoms with Crippen LogP contribution in [0.2, 0.25) is 0 Å². The summed E-state index contributed by atoms with van der Waals surface area (Å²) in [6, 6.07) is 0.